The summed E-state index contributed by atoms with van der Waals surface area (Å²) >= 11 is 7.68. The van der Waals surface area contributed by atoms with Crippen LogP contribution in [-0.2, 0) is 6.61 Å². The van der Waals surface area contributed by atoms with E-state index in [4.69, 9.17) is 16.3 Å². The topological polar surface area (TPSA) is 38.3 Å². The van der Waals surface area contributed by atoms with Gasteiger partial charge in [0, 0.05) is 16.0 Å². The van der Waals surface area contributed by atoms with Crippen molar-refractivity contribution in [2.45, 2.75) is 13.5 Å². The molecule has 1 aliphatic rings. The van der Waals surface area contributed by atoms with E-state index in [0.717, 1.165) is 27.3 Å². The molecule has 0 saturated heterocycles. The third kappa shape index (κ3) is 2.68. The van der Waals surface area contributed by atoms with Crippen LogP contribution >= 0.6 is 22.9 Å². The maximum absolute atomic E-state index is 12.6. The molecule has 1 aliphatic heterocycles. The Kier molecular flexibility index (Phi) is 3.79. The predicted molar refractivity (Wildman–Crippen MR) is 98.2 cm³/mol. The fourth-order valence-corrected chi connectivity index (χ4v) is 4.09. The largest absolute Gasteiger partial charge is 0.488 e. The molecule has 2 aromatic carbocycles. The summed E-state index contributed by atoms with van der Waals surface area (Å²) < 4.78 is 5.75. The molecule has 1 aromatic heterocycles. The van der Waals surface area contributed by atoms with Crippen molar-refractivity contribution in [3.63, 3.8) is 0 Å². The first kappa shape index (κ1) is 15.2. The number of para-hydroxylation sites is 1. The van der Waals surface area contributed by atoms with Gasteiger partial charge in [0.1, 0.15) is 12.4 Å². The van der Waals surface area contributed by atoms with E-state index in [1.165, 1.54) is 11.3 Å². The minimum Gasteiger partial charge on any atom is -0.488 e. The second kappa shape index (κ2) is 5.96. The molecule has 24 heavy (non-hydrogen) atoms. The molecular formula is C19H14ClNO2S. The minimum absolute atomic E-state index is 0.155. The Labute approximate surface area is 148 Å². The Hall–Kier alpha value is -2.30. The molecule has 120 valence electrons. The van der Waals surface area contributed by atoms with Crippen LogP contribution in [0.1, 0.15) is 20.8 Å². The Morgan fingerprint density at radius 1 is 1.21 bits per heavy atom. The number of carbonyl (C=O) groups is 1. The van der Waals surface area contributed by atoms with Gasteiger partial charge < -0.3 is 10.1 Å². The lowest BCUT2D eigenvalue weighted by molar-refractivity contribution is 0.103. The fraction of sp³-hybridized carbons (Fsp3) is 0.105. The highest BCUT2D eigenvalue weighted by Crippen LogP contribution is 2.42. The molecule has 5 heteroatoms. The summed E-state index contributed by atoms with van der Waals surface area (Å²) in [5, 5.41) is 3.43. The summed E-state index contributed by atoms with van der Waals surface area (Å²) in [4.78, 5) is 14.3. The van der Waals surface area contributed by atoms with Crippen LogP contribution < -0.4 is 10.1 Å². The number of anilines is 1. The molecule has 0 spiro atoms. The smallest absolute Gasteiger partial charge is 0.265 e. The Bertz CT molecular complexity index is 948. The quantitative estimate of drug-likeness (QED) is 0.657. The molecule has 0 unspecified atom stereocenters. The molecule has 4 rings (SSSR count). The van der Waals surface area contributed by atoms with Crippen molar-refractivity contribution in [2.75, 3.05) is 5.32 Å². The first-order chi connectivity index (χ1) is 11.6. The van der Waals surface area contributed by atoms with Crippen molar-refractivity contribution < 1.29 is 9.53 Å². The van der Waals surface area contributed by atoms with Crippen molar-refractivity contribution in [3.05, 3.63) is 69.6 Å². The van der Waals surface area contributed by atoms with Crippen LogP contribution in [0.25, 0.3) is 10.4 Å². The number of nitrogens with one attached hydrogen (secondary N) is 1. The van der Waals surface area contributed by atoms with Gasteiger partial charge in [-0.25, -0.2) is 0 Å². The number of ether oxygens (including phenoxy) is 1. The molecule has 2 heterocycles. The van der Waals surface area contributed by atoms with Gasteiger partial charge in [0.2, 0.25) is 0 Å². The second-order valence-corrected chi connectivity index (χ2v) is 7.15. The molecule has 1 amide bonds. The minimum atomic E-state index is -0.155. The van der Waals surface area contributed by atoms with Crippen molar-refractivity contribution in [1.29, 1.82) is 0 Å². The number of amides is 1. The Balaban J connectivity index is 1.64. The summed E-state index contributed by atoms with van der Waals surface area (Å²) in [5.41, 5.74) is 3.75. The summed E-state index contributed by atoms with van der Waals surface area (Å²) in [6, 6.07) is 15.4. The number of fused-ring (bicyclic) bond motifs is 3. The van der Waals surface area contributed by atoms with E-state index in [9.17, 15) is 4.79 Å². The van der Waals surface area contributed by atoms with Crippen LogP contribution in [0.5, 0.6) is 5.75 Å². The number of halogens is 1. The van der Waals surface area contributed by atoms with E-state index in [0.29, 0.717) is 22.2 Å². The normalized spacial score (nSPS) is 12.1. The number of hydrogen-bond acceptors (Lipinski definition) is 3. The lowest BCUT2D eigenvalue weighted by Gasteiger charge is -2.16. The average Bonchev–Trinajstić information content (AvgIpc) is 3.02. The van der Waals surface area contributed by atoms with Gasteiger partial charge in [-0.15, -0.1) is 11.3 Å². The van der Waals surface area contributed by atoms with E-state index in [1.807, 2.05) is 55.5 Å². The highest BCUT2D eigenvalue weighted by molar-refractivity contribution is 7.17. The number of thiophene rings is 1. The molecule has 0 aliphatic carbocycles. The van der Waals surface area contributed by atoms with Gasteiger partial charge in [-0.1, -0.05) is 29.8 Å². The van der Waals surface area contributed by atoms with E-state index in [-0.39, 0.29) is 5.91 Å². The van der Waals surface area contributed by atoms with Crippen LogP contribution in [0.3, 0.4) is 0 Å². The molecule has 3 aromatic rings. The van der Waals surface area contributed by atoms with Crippen molar-refractivity contribution in [2.24, 2.45) is 0 Å². The lowest BCUT2D eigenvalue weighted by Crippen LogP contribution is -2.10. The summed E-state index contributed by atoms with van der Waals surface area (Å²) in [6.07, 6.45) is 0. The molecule has 0 bridgehead atoms. The molecule has 3 nitrogen and oxygen atoms in total. The molecule has 0 fully saturated rings. The number of hydrogen-bond donors (Lipinski definition) is 1. The summed E-state index contributed by atoms with van der Waals surface area (Å²) in [6.45, 7) is 2.45. The zero-order valence-corrected chi connectivity index (χ0v) is 14.5. The van der Waals surface area contributed by atoms with Crippen LogP contribution in [0.2, 0.25) is 5.02 Å². The molecular weight excluding hydrogens is 342 g/mol. The molecule has 1 N–H and O–H groups in total. The standard InChI is InChI=1S/C19H14ClNO2S/c1-11-6-7-15(14(20)8-11)21-19(22)17-9-12-10-23-16-5-3-2-4-13(16)18(12)24-17/h2-9H,10H2,1H3,(H,21,22). The SMILES string of the molecule is Cc1ccc(NC(=O)c2cc3c(s2)-c2ccccc2OC3)c(Cl)c1. The average molecular weight is 356 g/mol. The highest BCUT2D eigenvalue weighted by atomic mass is 35.5. The Morgan fingerprint density at radius 3 is 2.88 bits per heavy atom. The first-order valence-electron chi connectivity index (χ1n) is 7.54. The summed E-state index contributed by atoms with van der Waals surface area (Å²) in [5.74, 6) is 0.707. The van der Waals surface area contributed by atoms with Gasteiger partial charge in [-0.3, -0.25) is 4.79 Å². The number of aryl methyl sites for hydroxylation is 1. The van der Waals surface area contributed by atoms with Crippen LogP contribution in [0, 0.1) is 6.92 Å². The van der Waals surface area contributed by atoms with Crippen LogP contribution in [0.4, 0.5) is 5.69 Å². The Morgan fingerprint density at radius 2 is 2.04 bits per heavy atom. The molecule has 0 radical (unpaired) electrons. The van der Waals surface area contributed by atoms with Gasteiger partial charge >= 0.3 is 0 Å². The number of benzene rings is 2. The van der Waals surface area contributed by atoms with E-state index in [2.05, 4.69) is 5.32 Å². The van der Waals surface area contributed by atoms with Crippen LogP contribution in [-0.4, -0.2) is 5.91 Å². The zero-order chi connectivity index (χ0) is 16.7. The zero-order valence-electron chi connectivity index (χ0n) is 12.9. The third-order valence-electron chi connectivity index (χ3n) is 3.92. The predicted octanol–water partition coefficient (Wildman–Crippen LogP) is 5.52. The fourth-order valence-electron chi connectivity index (χ4n) is 2.72. The van der Waals surface area contributed by atoms with Gasteiger partial charge in [0.25, 0.3) is 5.91 Å². The van der Waals surface area contributed by atoms with Gasteiger partial charge in [0.15, 0.2) is 0 Å². The lowest BCUT2D eigenvalue weighted by atomic mass is 10.1. The van der Waals surface area contributed by atoms with E-state index >= 15 is 0 Å². The van der Waals surface area contributed by atoms with Gasteiger partial charge in [0.05, 0.1) is 15.6 Å². The highest BCUT2D eigenvalue weighted by Gasteiger charge is 2.22. The van der Waals surface area contributed by atoms with Gasteiger partial charge in [-0.05, 0) is 42.8 Å². The second-order valence-electron chi connectivity index (χ2n) is 5.69. The van der Waals surface area contributed by atoms with E-state index in [1.54, 1.807) is 0 Å². The van der Waals surface area contributed by atoms with Gasteiger partial charge in [-0.2, -0.15) is 0 Å². The number of rotatable bonds is 2. The number of carbonyl (C=O) groups excluding carboxylic acids is 1. The molecule has 0 atom stereocenters. The summed E-state index contributed by atoms with van der Waals surface area (Å²) in [7, 11) is 0. The third-order valence-corrected chi connectivity index (χ3v) is 5.44. The maximum atomic E-state index is 12.6. The van der Waals surface area contributed by atoms with E-state index < -0.39 is 0 Å². The molecule has 0 saturated carbocycles. The first-order valence-corrected chi connectivity index (χ1v) is 8.73. The van der Waals surface area contributed by atoms with Crippen molar-refractivity contribution >= 4 is 34.5 Å². The maximum Gasteiger partial charge on any atom is 0.265 e. The van der Waals surface area contributed by atoms with Crippen molar-refractivity contribution in [1.82, 2.24) is 0 Å². The monoisotopic (exact) mass is 355 g/mol. The van der Waals surface area contributed by atoms with Crippen LogP contribution in [0.15, 0.2) is 48.5 Å². The van der Waals surface area contributed by atoms with Crippen molar-refractivity contribution in [3.8, 4) is 16.2 Å².